The van der Waals surface area contributed by atoms with E-state index in [1.807, 2.05) is 6.07 Å². The van der Waals surface area contributed by atoms with Crippen LogP contribution < -0.4 is 4.74 Å². The summed E-state index contributed by atoms with van der Waals surface area (Å²) in [6.07, 6.45) is 3.14. The van der Waals surface area contributed by atoms with Gasteiger partial charge in [-0.1, -0.05) is 0 Å². The number of pyridine rings is 1. The van der Waals surface area contributed by atoms with Crippen molar-refractivity contribution in [2.24, 2.45) is 0 Å². The molecule has 3 heterocycles. The number of nitrogens with zero attached hydrogens (tertiary/aromatic N) is 1. The van der Waals surface area contributed by atoms with Crippen LogP contribution in [0.1, 0.15) is 25.0 Å². The summed E-state index contributed by atoms with van der Waals surface area (Å²) >= 11 is 0. The molecular weight excluding hydrogens is 286 g/mol. The average Bonchev–Trinajstić information content (AvgIpc) is 2.53. The predicted molar refractivity (Wildman–Crippen MR) is 77.6 cm³/mol. The molecule has 3 rings (SSSR count). The van der Waals surface area contributed by atoms with E-state index in [4.69, 9.17) is 23.7 Å². The van der Waals surface area contributed by atoms with Gasteiger partial charge in [0.15, 0.2) is 11.9 Å². The van der Waals surface area contributed by atoms with Crippen LogP contribution in [0.4, 0.5) is 0 Å². The van der Waals surface area contributed by atoms with E-state index >= 15 is 0 Å². The normalized spacial score (nSPS) is 23.8. The molecule has 6 heteroatoms. The highest BCUT2D eigenvalue weighted by Gasteiger charge is 2.42. The Morgan fingerprint density at radius 1 is 1.32 bits per heavy atom. The Balaban J connectivity index is 1.46. The van der Waals surface area contributed by atoms with Crippen LogP contribution in [-0.2, 0) is 24.5 Å². The largest absolute Gasteiger partial charge is 0.475 e. The first kappa shape index (κ1) is 15.7. The lowest BCUT2D eigenvalue weighted by atomic mass is 9.97. The van der Waals surface area contributed by atoms with Crippen molar-refractivity contribution in [3.05, 3.63) is 23.9 Å². The SMILES string of the molecule is COC1(c2c[c]cc(OCCOC3CCCCO3)n2)COC1. The van der Waals surface area contributed by atoms with E-state index in [1.54, 1.807) is 13.2 Å². The van der Waals surface area contributed by atoms with Crippen LogP contribution in [0, 0.1) is 6.07 Å². The first-order chi connectivity index (χ1) is 10.8. The van der Waals surface area contributed by atoms with Gasteiger partial charge in [0.05, 0.1) is 25.5 Å². The van der Waals surface area contributed by atoms with Gasteiger partial charge >= 0.3 is 0 Å². The second-order valence-electron chi connectivity index (χ2n) is 5.50. The maximum atomic E-state index is 5.63. The molecule has 2 aliphatic rings. The first-order valence-corrected chi connectivity index (χ1v) is 7.70. The van der Waals surface area contributed by atoms with E-state index < -0.39 is 5.60 Å². The molecule has 0 spiro atoms. The van der Waals surface area contributed by atoms with Crippen molar-refractivity contribution in [1.29, 1.82) is 0 Å². The monoisotopic (exact) mass is 308 g/mol. The van der Waals surface area contributed by atoms with Gasteiger partial charge in [-0.25, -0.2) is 4.98 Å². The second kappa shape index (κ2) is 7.37. The Kier molecular flexibility index (Phi) is 5.25. The third kappa shape index (κ3) is 3.57. The van der Waals surface area contributed by atoms with E-state index in [9.17, 15) is 0 Å². The molecule has 0 saturated carbocycles. The van der Waals surface area contributed by atoms with Crippen LogP contribution in [0.5, 0.6) is 5.88 Å². The third-order valence-electron chi connectivity index (χ3n) is 3.96. The molecule has 1 aromatic rings. The number of rotatable bonds is 7. The summed E-state index contributed by atoms with van der Waals surface area (Å²) in [6, 6.07) is 6.56. The summed E-state index contributed by atoms with van der Waals surface area (Å²) in [5, 5.41) is 0. The highest BCUT2D eigenvalue weighted by atomic mass is 16.7. The molecule has 22 heavy (non-hydrogen) atoms. The number of ether oxygens (including phenoxy) is 5. The van der Waals surface area contributed by atoms with Gasteiger partial charge in [-0.05, 0) is 31.4 Å². The molecule has 0 aliphatic carbocycles. The lowest BCUT2D eigenvalue weighted by Gasteiger charge is -2.39. The highest BCUT2D eigenvalue weighted by Crippen LogP contribution is 2.32. The van der Waals surface area contributed by atoms with Crippen molar-refractivity contribution in [1.82, 2.24) is 4.98 Å². The number of hydrogen-bond acceptors (Lipinski definition) is 6. The summed E-state index contributed by atoms with van der Waals surface area (Å²) in [4.78, 5) is 4.48. The van der Waals surface area contributed by atoms with Gasteiger partial charge in [0.1, 0.15) is 6.61 Å². The molecule has 6 nitrogen and oxygen atoms in total. The Hall–Kier alpha value is -1.21. The van der Waals surface area contributed by atoms with Crippen molar-refractivity contribution in [3.63, 3.8) is 0 Å². The van der Waals surface area contributed by atoms with Crippen molar-refractivity contribution in [2.75, 3.05) is 40.1 Å². The quantitative estimate of drug-likeness (QED) is 0.714. The minimum Gasteiger partial charge on any atom is -0.475 e. The van der Waals surface area contributed by atoms with E-state index in [0.29, 0.717) is 32.3 Å². The fourth-order valence-corrected chi connectivity index (χ4v) is 2.51. The smallest absolute Gasteiger partial charge is 0.214 e. The molecule has 2 aliphatic heterocycles. The van der Waals surface area contributed by atoms with Crippen LogP contribution in [0.15, 0.2) is 12.1 Å². The van der Waals surface area contributed by atoms with Gasteiger partial charge in [-0.3, -0.25) is 0 Å². The zero-order chi connectivity index (χ0) is 15.3. The van der Waals surface area contributed by atoms with Gasteiger partial charge in [0.25, 0.3) is 0 Å². The van der Waals surface area contributed by atoms with Crippen LogP contribution in [0.3, 0.4) is 0 Å². The summed E-state index contributed by atoms with van der Waals surface area (Å²) in [5.41, 5.74) is 0.331. The molecular formula is C16H22NO5. The fourth-order valence-electron chi connectivity index (χ4n) is 2.51. The lowest BCUT2D eigenvalue weighted by Crippen LogP contribution is -2.48. The van der Waals surface area contributed by atoms with Gasteiger partial charge in [-0.2, -0.15) is 0 Å². The van der Waals surface area contributed by atoms with Crippen LogP contribution in [0.25, 0.3) is 0 Å². The standard InChI is InChI=1S/C16H22NO5/c1-18-16(11-19-12-16)13-5-4-6-14(17-13)20-9-10-22-15-7-2-3-8-21-15/h5-6,15H,2-3,7-12H2,1H3. The molecule has 121 valence electrons. The third-order valence-corrected chi connectivity index (χ3v) is 3.96. The zero-order valence-electron chi connectivity index (χ0n) is 12.9. The van der Waals surface area contributed by atoms with Crippen molar-refractivity contribution in [3.8, 4) is 5.88 Å². The maximum absolute atomic E-state index is 5.63. The molecule has 0 amide bonds. The average molecular weight is 308 g/mol. The van der Waals surface area contributed by atoms with Gasteiger partial charge in [-0.15, -0.1) is 0 Å². The Labute approximate surface area is 130 Å². The van der Waals surface area contributed by atoms with Crippen molar-refractivity contribution in [2.45, 2.75) is 31.2 Å². The van der Waals surface area contributed by atoms with E-state index in [0.717, 1.165) is 31.6 Å². The van der Waals surface area contributed by atoms with Crippen LogP contribution in [-0.4, -0.2) is 51.4 Å². The molecule has 2 saturated heterocycles. The summed E-state index contributed by atoms with van der Waals surface area (Å²) in [5.74, 6) is 0.522. The maximum Gasteiger partial charge on any atom is 0.214 e. The van der Waals surface area contributed by atoms with Gasteiger partial charge < -0.3 is 23.7 Å². The molecule has 1 aromatic heterocycles. The van der Waals surface area contributed by atoms with E-state index in [-0.39, 0.29) is 6.29 Å². The fraction of sp³-hybridized carbons (Fsp3) is 0.688. The number of hydrogen-bond donors (Lipinski definition) is 0. The van der Waals surface area contributed by atoms with Gasteiger partial charge in [0.2, 0.25) is 5.88 Å². The summed E-state index contributed by atoms with van der Waals surface area (Å²) in [6.45, 7) is 2.72. The van der Waals surface area contributed by atoms with Crippen molar-refractivity contribution < 1.29 is 23.7 Å². The van der Waals surface area contributed by atoms with Crippen LogP contribution >= 0.6 is 0 Å². The molecule has 1 radical (unpaired) electrons. The summed E-state index contributed by atoms with van der Waals surface area (Å²) in [7, 11) is 1.66. The predicted octanol–water partition coefficient (Wildman–Crippen LogP) is 1.68. The molecule has 0 N–H and O–H groups in total. The highest BCUT2D eigenvalue weighted by molar-refractivity contribution is 5.22. The molecule has 1 atom stereocenters. The Morgan fingerprint density at radius 2 is 2.23 bits per heavy atom. The van der Waals surface area contributed by atoms with Gasteiger partial charge in [0, 0.05) is 19.8 Å². The van der Waals surface area contributed by atoms with E-state index in [2.05, 4.69) is 11.1 Å². The minimum absolute atomic E-state index is 0.0907. The van der Waals surface area contributed by atoms with E-state index in [1.165, 1.54) is 0 Å². The van der Waals surface area contributed by atoms with Crippen molar-refractivity contribution >= 4 is 0 Å². The number of aromatic nitrogens is 1. The minimum atomic E-state index is -0.456. The lowest BCUT2D eigenvalue weighted by molar-refractivity contribution is -0.204. The number of methoxy groups -OCH3 is 1. The molecule has 2 fully saturated rings. The topological polar surface area (TPSA) is 59.0 Å². The molecule has 0 bridgehead atoms. The van der Waals surface area contributed by atoms with Crippen LogP contribution in [0.2, 0.25) is 0 Å². The summed E-state index contributed by atoms with van der Waals surface area (Å²) < 4.78 is 27.5. The molecule has 0 aromatic carbocycles. The molecule has 1 unspecified atom stereocenters. The Bertz CT molecular complexity index is 466. The second-order valence-corrected chi connectivity index (χ2v) is 5.50. The Morgan fingerprint density at radius 3 is 2.91 bits per heavy atom. The zero-order valence-corrected chi connectivity index (χ0v) is 12.9. The first-order valence-electron chi connectivity index (χ1n) is 7.70.